The SMILES string of the molecule is O=C(O)c1cccc(CNC(=O)c2ncccc2O)c1. The third-order valence-electron chi connectivity index (χ3n) is 2.63. The van der Waals surface area contributed by atoms with Crippen molar-refractivity contribution in [1.82, 2.24) is 10.3 Å². The number of hydrogen-bond donors (Lipinski definition) is 3. The van der Waals surface area contributed by atoms with E-state index in [1.165, 1.54) is 30.5 Å². The van der Waals surface area contributed by atoms with Crippen LogP contribution in [0.4, 0.5) is 0 Å². The fraction of sp³-hybridized carbons (Fsp3) is 0.0714. The van der Waals surface area contributed by atoms with Gasteiger partial charge in [0.2, 0.25) is 0 Å². The van der Waals surface area contributed by atoms with Crippen molar-refractivity contribution >= 4 is 11.9 Å². The summed E-state index contributed by atoms with van der Waals surface area (Å²) in [5.41, 5.74) is 0.730. The third-order valence-corrected chi connectivity index (χ3v) is 2.63. The van der Waals surface area contributed by atoms with E-state index in [9.17, 15) is 14.7 Å². The molecule has 0 spiro atoms. The van der Waals surface area contributed by atoms with Gasteiger partial charge in [-0.2, -0.15) is 0 Å². The molecule has 102 valence electrons. The van der Waals surface area contributed by atoms with Gasteiger partial charge in [-0.3, -0.25) is 4.79 Å². The van der Waals surface area contributed by atoms with Crippen LogP contribution in [-0.2, 0) is 6.54 Å². The minimum Gasteiger partial charge on any atom is -0.505 e. The quantitative estimate of drug-likeness (QED) is 0.781. The first kappa shape index (κ1) is 13.5. The Morgan fingerprint density at radius 1 is 1.20 bits per heavy atom. The van der Waals surface area contributed by atoms with E-state index in [1.54, 1.807) is 12.1 Å². The van der Waals surface area contributed by atoms with Crippen molar-refractivity contribution in [2.75, 3.05) is 0 Å². The van der Waals surface area contributed by atoms with Gasteiger partial charge in [0.1, 0.15) is 5.75 Å². The Hall–Kier alpha value is -2.89. The highest BCUT2D eigenvalue weighted by Crippen LogP contribution is 2.12. The maximum absolute atomic E-state index is 11.8. The number of nitrogens with zero attached hydrogens (tertiary/aromatic N) is 1. The van der Waals surface area contributed by atoms with Crippen molar-refractivity contribution in [3.05, 3.63) is 59.4 Å². The lowest BCUT2D eigenvalue weighted by molar-refractivity contribution is 0.0696. The van der Waals surface area contributed by atoms with Gasteiger partial charge >= 0.3 is 5.97 Å². The molecule has 1 amide bonds. The molecule has 2 aromatic rings. The van der Waals surface area contributed by atoms with Crippen LogP contribution in [0.15, 0.2) is 42.6 Å². The van der Waals surface area contributed by atoms with Crippen molar-refractivity contribution in [3.63, 3.8) is 0 Å². The largest absolute Gasteiger partial charge is 0.505 e. The first-order chi connectivity index (χ1) is 9.58. The monoisotopic (exact) mass is 272 g/mol. The maximum atomic E-state index is 11.8. The zero-order valence-electron chi connectivity index (χ0n) is 10.4. The van der Waals surface area contributed by atoms with E-state index in [2.05, 4.69) is 10.3 Å². The molecule has 0 fully saturated rings. The Morgan fingerprint density at radius 3 is 2.70 bits per heavy atom. The van der Waals surface area contributed by atoms with Crippen LogP contribution >= 0.6 is 0 Å². The van der Waals surface area contributed by atoms with Gasteiger partial charge in [0, 0.05) is 12.7 Å². The summed E-state index contributed by atoms with van der Waals surface area (Å²) in [6.07, 6.45) is 1.40. The van der Waals surface area contributed by atoms with Gasteiger partial charge in [-0.15, -0.1) is 0 Å². The van der Waals surface area contributed by atoms with Crippen molar-refractivity contribution in [3.8, 4) is 5.75 Å². The third kappa shape index (κ3) is 3.11. The fourth-order valence-electron chi connectivity index (χ4n) is 1.65. The van der Waals surface area contributed by atoms with E-state index >= 15 is 0 Å². The first-order valence-corrected chi connectivity index (χ1v) is 5.82. The fourth-order valence-corrected chi connectivity index (χ4v) is 1.65. The van der Waals surface area contributed by atoms with Crippen LogP contribution < -0.4 is 5.32 Å². The lowest BCUT2D eigenvalue weighted by Gasteiger charge is -2.06. The predicted octanol–water partition coefficient (Wildman–Crippen LogP) is 1.42. The van der Waals surface area contributed by atoms with Crippen LogP contribution in [0, 0.1) is 0 Å². The summed E-state index contributed by atoms with van der Waals surface area (Å²) in [6.45, 7) is 0.149. The lowest BCUT2D eigenvalue weighted by Crippen LogP contribution is -2.24. The molecule has 0 unspecified atom stereocenters. The zero-order valence-corrected chi connectivity index (χ0v) is 10.4. The second-order valence-electron chi connectivity index (χ2n) is 4.06. The van der Waals surface area contributed by atoms with Crippen LogP contribution in [0.5, 0.6) is 5.75 Å². The second kappa shape index (κ2) is 5.83. The molecule has 0 aliphatic heterocycles. The molecule has 20 heavy (non-hydrogen) atoms. The molecule has 1 aromatic carbocycles. The van der Waals surface area contributed by atoms with Gasteiger partial charge in [-0.25, -0.2) is 9.78 Å². The van der Waals surface area contributed by atoms with E-state index in [1.807, 2.05) is 0 Å². The van der Waals surface area contributed by atoms with Crippen molar-refractivity contribution in [2.24, 2.45) is 0 Å². The average molecular weight is 272 g/mol. The van der Waals surface area contributed by atoms with Gasteiger partial charge in [-0.05, 0) is 29.8 Å². The molecule has 1 heterocycles. The van der Waals surface area contributed by atoms with Crippen LogP contribution in [-0.4, -0.2) is 27.1 Å². The van der Waals surface area contributed by atoms with Crippen molar-refractivity contribution < 1.29 is 19.8 Å². The topological polar surface area (TPSA) is 99.5 Å². The number of hydrogen-bond acceptors (Lipinski definition) is 4. The van der Waals surface area contributed by atoms with Gasteiger partial charge in [0.25, 0.3) is 5.91 Å². The molecule has 0 atom stereocenters. The van der Waals surface area contributed by atoms with Gasteiger partial charge < -0.3 is 15.5 Å². The summed E-state index contributed by atoms with van der Waals surface area (Å²) in [4.78, 5) is 26.4. The minimum absolute atomic E-state index is 0.0677. The van der Waals surface area contributed by atoms with Gasteiger partial charge in [0.05, 0.1) is 5.56 Å². The number of nitrogens with one attached hydrogen (secondary N) is 1. The average Bonchev–Trinajstić information content (AvgIpc) is 2.45. The summed E-state index contributed by atoms with van der Waals surface area (Å²) in [7, 11) is 0. The number of carbonyl (C=O) groups is 2. The molecule has 0 aliphatic carbocycles. The highest BCUT2D eigenvalue weighted by Gasteiger charge is 2.11. The van der Waals surface area contributed by atoms with E-state index in [-0.39, 0.29) is 23.6 Å². The predicted molar refractivity (Wildman–Crippen MR) is 70.5 cm³/mol. The number of amides is 1. The number of pyridine rings is 1. The Morgan fingerprint density at radius 2 is 2.00 bits per heavy atom. The molecule has 2 rings (SSSR count). The highest BCUT2D eigenvalue weighted by atomic mass is 16.4. The van der Waals surface area contributed by atoms with Crippen LogP contribution in [0.3, 0.4) is 0 Å². The second-order valence-corrected chi connectivity index (χ2v) is 4.06. The lowest BCUT2D eigenvalue weighted by atomic mass is 10.1. The number of aromatic carboxylic acids is 1. The molecule has 0 radical (unpaired) electrons. The Bertz CT molecular complexity index is 655. The molecule has 0 saturated heterocycles. The van der Waals surface area contributed by atoms with Crippen molar-refractivity contribution in [2.45, 2.75) is 6.54 Å². The molecule has 0 saturated carbocycles. The molecule has 3 N–H and O–H groups in total. The minimum atomic E-state index is -1.03. The molecule has 6 heteroatoms. The summed E-state index contributed by atoms with van der Waals surface area (Å²) < 4.78 is 0. The van der Waals surface area contributed by atoms with E-state index in [0.717, 1.165) is 0 Å². The van der Waals surface area contributed by atoms with E-state index < -0.39 is 11.9 Å². The Balaban J connectivity index is 2.06. The standard InChI is InChI=1S/C14H12N2O4/c17-11-5-2-6-15-12(11)13(18)16-8-9-3-1-4-10(7-9)14(19)20/h1-7,17H,8H2,(H,16,18)(H,19,20). The number of carboxylic acid groups (broad SMARTS) is 1. The number of carbonyl (C=O) groups excluding carboxylic acids is 1. The zero-order chi connectivity index (χ0) is 14.5. The highest BCUT2D eigenvalue weighted by molar-refractivity contribution is 5.94. The Labute approximate surface area is 114 Å². The van der Waals surface area contributed by atoms with Crippen LogP contribution in [0.1, 0.15) is 26.4 Å². The van der Waals surface area contributed by atoms with Crippen molar-refractivity contribution in [1.29, 1.82) is 0 Å². The normalized spacial score (nSPS) is 10.0. The van der Waals surface area contributed by atoms with Crippen LogP contribution in [0.25, 0.3) is 0 Å². The summed E-state index contributed by atoms with van der Waals surface area (Å²) >= 11 is 0. The van der Waals surface area contributed by atoms with Crippen LogP contribution in [0.2, 0.25) is 0 Å². The molecule has 6 nitrogen and oxygen atoms in total. The number of aromatic hydroxyl groups is 1. The van der Waals surface area contributed by atoms with E-state index in [0.29, 0.717) is 5.56 Å². The number of aromatic nitrogens is 1. The summed E-state index contributed by atoms with van der Waals surface area (Å²) in [5, 5.41) is 20.9. The molecular formula is C14H12N2O4. The summed E-state index contributed by atoms with van der Waals surface area (Å²) in [6, 6.07) is 9.13. The first-order valence-electron chi connectivity index (χ1n) is 5.82. The number of benzene rings is 1. The summed E-state index contributed by atoms with van der Waals surface area (Å²) in [5.74, 6) is -1.76. The van der Waals surface area contributed by atoms with E-state index in [4.69, 9.17) is 5.11 Å². The number of rotatable bonds is 4. The molecule has 1 aromatic heterocycles. The van der Waals surface area contributed by atoms with Gasteiger partial charge in [-0.1, -0.05) is 12.1 Å². The Kier molecular flexibility index (Phi) is 3.95. The smallest absolute Gasteiger partial charge is 0.335 e. The van der Waals surface area contributed by atoms with Gasteiger partial charge in [0.15, 0.2) is 5.69 Å². The molecular weight excluding hydrogens is 260 g/mol. The maximum Gasteiger partial charge on any atom is 0.335 e. The molecule has 0 bridgehead atoms. The number of carboxylic acids is 1. The molecule has 0 aliphatic rings.